The number of amides is 1. The monoisotopic (exact) mass is 391 g/mol. The normalized spacial score (nSPS) is 16.1. The number of aliphatic hydroxyl groups is 1. The van der Waals surface area contributed by atoms with Gasteiger partial charge in [0.2, 0.25) is 5.91 Å². The van der Waals surface area contributed by atoms with Crippen LogP contribution in [0, 0.1) is 0 Å². The van der Waals surface area contributed by atoms with Gasteiger partial charge in [-0.15, -0.1) is 12.4 Å². The van der Waals surface area contributed by atoms with E-state index in [1.54, 1.807) is 0 Å². The highest BCUT2D eigenvalue weighted by Gasteiger charge is 2.16. The zero-order chi connectivity index (χ0) is 15.1. The number of anilines is 1. The lowest BCUT2D eigenvalue weighted by Crippen LogP contribution is -2.47. The summed E-state index contributed by atoms with van der Waals surface area (Å²) in [5.41, 5.74) is 0.821. The Morgan fingerprint density at radius 2 is 1.82 bits per heavy atom. The van der Waals surface area contributed by atoms with E-state index in [9.17, 15) is 4.79 Å². The molecule has 1 amide bonds. The van der Waals surface area contributed by atoms with Crippen molar-refractivity contribution in [3.63, 3.8) is 0 Å². The van der Waals surface area contributed by atoms with Gasteiger partial charge in [-0.2, -0.15) is 0 Å². The molecule has 1 aliphatic heterocycles. The Morgan fingerprint density at radius 3 is 2.41 bits per heavy atom. The number of rotatable bonds is 6. The third-order valence-corrected chi connectivity index (χ3v) is 4.14. The van der Waals surface area contributed by atoms with Gasteiger partial charge in [-0.3, -0.25) is 9.69 Å². The number of halogens is 2. The summed E-state index contributed by atoms with van der Waals surface area (Å²) < 4.78 is 0.959. The minimum absolute atomic E-state index is 0. The van der Waals surface area contributed by atoms with Gasteiger partial charge in [0.05, 0.1) is 6.61 Å². The Morgan fingerprint density at radius 1 is 1.18 bits per heavy atom. The largest absolute Gasteiger partial charge is 0.395 e. The number of piperazine rings is 1. The first-order valence-electron chi connectivity index (χ1n) is 7.28. The highest BCUT2D eigenvalue weighted by molar-refractivity contribution is 9.10. The number of nitrogens with one attached hydrogen (secondary N) is 1. The molecule has 5 nitrogen and oxygen atoms in total. The minimum Gasteiger partial charge on any atom is -0.395 e. The van der Waals surface area contributed by atoms with Gasteiger partial charge in [0.1, 0.15) is 0 Å². The molecule has 2 N–H and O–H groups in total. The van der Waals surface area contributed by atoms with Crippen LogP contribution in [0.3, 0.4) is 0 Å². The van der Waals surface area contributed by atoms with Crippen molar-refractivity contribution in [1.29, 1.82) is 0 Å². The fourth-order valence-electron chi connectivity index (χ4n) is 2.43. The number of carbonyl (C=O) groups is 1. The fourth-order valence-corrected chi connectivity index (χ4v) is 2.83. The maximum absolute atomic E-state index is 11.9. The summed E-state index contributed by atoms with van der Waals surface area (Å²) in [5, 5.41) is 11.8. The van der Waals surface area contributed by atoms with Crippen LogP contribution in [-0.4, -0.2) is 66.7 Å². The Labute approximate surface area is 146 Å². The van der Waals surface area contributed by atoms with E-state index < -0.39 is 0 Å². The van der Waals surface area contributed by atoms with Crippen molar-refractivity contribution < 1.29 is 9.90 Å². The molecule has 124 valence electrons. The van der Waals surface area contributed by atoms with E-state index in [4.69, 9.17) is 5.11 Å². The summed E-state index contributed by atoms with van der Waals surface area (Å²) in [5.74, 6) is 0.0471. The summed E-state index contributed by atoms with van der Waals surface area (Å²) in [6.07, 6.45) is 0.506. The Balaban J connectivity index is 0.00000242. The van der Waals surface area contributed by atoms with E-state index in [2.05, 4.69) is 31.0 Å². The van der Waals surface area contributed by atoms with Crippen LogP contribution in [0.4, 0.5) is 5.69 Å². The molecule has 22 heavy (non-hydrogen) atoms. The molecule has 1 heterocycles. The summed E-state index contributed by atoms with van der Waals surface area (Å²) in [6, 6.07) is 7.61. The lowest BCUT2D eigenvalue weighted by atomic mass is 10.2. The molecule has 1 fully saturated rings. The zero-order valence-corrected chi connectivity index (χ0v) is 14.9. The molecule has 1 aliphatic rings. The van der Waals surface area contributed by atoms with Crippen molar-refractivity contribution in [2.45, 2.75) is 6.42 Å². The summed E-state index contributed by atoms with van der Waals surface area (Å²) in [4.78, 5) is 16.5. The molecular weight excluding hydrogens is 370 g/mol. The Hall–Kier alpha value is -0.660. The van der Waals surface area contributed by atoms with Crippen LogP contribution in [-0.2, 0) is 4.79 Å². The van der Waals surface area contributed by atoms with Crippen LogP contribution >= 0.6 is 28.3 Å². The standard InChI is InChI=1S/C15H22BrN3O2.ClH/c16-13-2-1-3-14(12-13)17-15(21)4-5-18-6-8-19(9-7-18)10-11-20;/h1-3,12,20H,4-11H2,(H,17,21);1H. The predicted molar refractivity (Wildman–Crippen MR) is 94.6 cm³/mol. The lowest BCUT2D eigenvalue weighted by Gasteiger charge is -2.34. The van der Waals surface area contributed by atoms with Crippen molar-refractivity contribution in [2.24, 2.45) is 0 Å². The molecular formula is C15H23BrClN3O2. The maximum atomic E-state index is 11.9. The Bertz CT molecular complexity index is 468. The first-order valence-corrected chi connectivity index (χ1v) is 8.07. The topological polar surface area (TPSA) is 55.8 Å². The molecule has 1 saturated heterocycles. The molecule has 0 atom stereocenters. The molecule has 1 aromatic carbocycles. The van der Waals surface area contributed by atoms with Crippen LogP contribution in [0.25, 0.3) is 0 Å². The smallest absolute Gasteiger partial charge is 0.225 e. The number of β-amino-alcohol motifs (C(OH)–C–C–N with tert-alkyl or cyclic N) is 1. The van der Waals surface area contributed by atoms with Crippen LogP contribution in [0.1, 0.15) is 6.42 Å². The van der Waals surface area contributed by atoms with Gasteiger partial charge in [-0.05, 0) is 18.2 Å². The molecule has 1 aromatic rings. The van der Waals surface area contributed by atoms with E-state index in [0.717, 1.165) is 49.4 Å². The summed E-state index contributed by atoms with van der Waals surface area (Å²) in [6.45, 7) is 5.61. The van der Waals surface area contributed by atoms with Gasteiger partial charge in [-0.25, -0.2) is 0 Å². The maximum Gasteiger partial charge on any atom is 0.225 e. The van der Waals surface area contributed by atoms with E-state index in [1.165, 1.54) is 0 Å². The average Bonchev–Trinajstić information content (AvgIpc) is 2.47. The minimum atomic E-state index is 0. The van der Waals surface area contributed by atoms with Gasteiger partial charge < -0.3 is 15.3 Å². The van der Waals surface area contributed by atoms with E-state index in [1.807, 2.05) is 24.3 Å². The first-order chi connectivity index (χ1) is 10.2. The van der Waals surface area contributed by atoms with Crippen LogP contribution in [0.2, 0.25) is 0 Å². The highest BCUT2D eigenvalue weighted by Crippen LogP contribution is 2.15. The quantitative estimate of drug-likeness (QED) is 0.775. The third-order valence-electron chi connectivity index (χ3n) is 3.64. The number of benzene rings is 1. The number of hydrogen-bond acceptors (Lipinski definition) is 4. The van der Waals surface area contributed by atoms with E-state index in [0.29, 0.717) is 6.42 Å². The number of carbonyl (C=O) groups excluding carboxylic acids is 1. The van der Waals surface area contributed by atoms with Crippen molar-refractivity contribution in [3.05, 3.63) is 28.7 Å². The fraction of sp³-hybridized carbons (Fsp3) is 0.533. The molecule has 0 unspecified atom stereocenters. The van der Waals surface area contributed by atoms with Crippen molar-refractivity contribution in [3.8, 4) is 0 Å². The molecule has 0 bridgehead atoms. The molecule has 0 saturated carbocycles. The second-order valence-corrected chi connectivity index (χ2v) is 6.13. The molecule has 0 spiro atoms. The summed E-state index contributed by atoms with van der Waals surface area (Å²) >= 11 is 3.39. The molecule has 0 aromatic heterocycles. The number of nitrogens with zero attached hydrogens (tertiary/aromatic N) is 2. The predicted octanol–water partition coefficient (Wildman–Crippen LogP) is 1.81. The number of hydrogen-bond donors (Lipinski definition) is 2. The SMILES string of the molecule is Cl.O=C(CCN1CCN(CCO)CC1)Nc1cccc(Br)c1. The van der Waals surface area contributed by atoms with Crippen LogP contribution in [0.15, 0.2) is 28.7 Å². The van der Waals surface area contributed by atoms with Gasteiger partial charge in [-0.1, -0.05) is 22.0 Å². The van der Waals surface area contributed by atoms with Crippen LogP contribution < -0.4 is 5.32 Å². The second kappa shape index (κ2) is 10.2. The van der Waals surface area contributed by atoms with Gasteiger partial charge >= 0.3 is 0 Å². The van der Waals surface area contributed by atoms with Crippen molar-refractivity contribution >= 4 is 39.9 Å². The summed E-state index contributed by atoms with van der Waals surface area (Å²) in [7, 11) is 0. The zero-order valence-electron chi connectivity index (χ0n) is 12.5. The van der Waals surface area contributed by atoms with Gasteiger partial charge in [0.15, 0.2) is 0 Å². The molecule has 0 radical (unpaired) electrons. The van der Waals surface area contributed by atoms with Crippen LogP contribution in [0.5, 0.6) is 0 Å². The average molecular weight is 393 g/mol. The molecule has 0 aliphatic carbocycles. The highest BCUT2D eigenvalue weighted by atomic mass is 79.9. The second-order valence-electron chi connectivity index (χ2n) is 5.22. The van der Waals surface area contributed by atoms with Crippen molar-refractivity contribution in [2.75, 3.05) is 51.2 Å². The van der Waals surface area contributed by atoms with Gasteiger partial charge in [0.25, 0.3) is 0 Å². The first kappa shape index (κ1) is 19.4. The molecule has 7 heteroatoms. The van der Waals surface area contributed by atoms with Gasteiger partial charge in [0, 0.05) is 55.8 Å². The number of aliphatic hydroxyl groups excluding tert-OH is 1. The van der Waals surface area contributed by atoms with Crippen molar-refractivity contribution in [1.82, 2.24) is 9.80 Å². The molecule has 2 rings (SSSR count). The lowest BCUT2D eigenvalue weighted by molar-refractivity contribution is -0.116. The third kappa shape index (κ3) is 6.62. The van der Waals surface area contributed by atoms with E-state index in [-0.39, 0.29) is 24.9 Å². The Kier molecular flexibility index (Phi) is 8.97. The van der Waals surface area contributed by atoms with E-state index >= 15 is 0 Å².